The topological polar surface area (TPSA) is 84.5 Å². The summed E-state index contributed by atoms with van der Waals surface area (Å²) in [6, 6.07) is 3.78. The lowest BCUT2D eigenvalue weighted by Gasteiger charge is -2.06. The van der Waals surface area contributed by atoms with Crippen molar-refractivity contribution in [3.63, 3.8) is 0 Å². The van der Waals surface area contributed by atoms with Crippen LogP contribution in [0.2, 0.25) is 0 Å². The zero-order valence-electron chi connectivity index (χ0n) is 13.3. The summed E-state index contributed by atoms with van der Waals surface area (Å²) < 4.78 is 4.43. The second-order valence-electron chi connectivity index (χ2n) is 4.77. The lowest BCUT2D eigenvalue weighted by Crippen LogP contribution is -2.31. The standard InChI is InChI=1S/C16H16N2O4S2/c1-9-10(2)24-15(13(9)14(20)18-16(21)22-3)17-12(19)7-6-11-5-4-8-23-11/h4-8H,1-3H3,(H,17,19)(H,18,20,21)/b7-6+. The molecule has 0 atom stereocenters. The van der Waals surface area contributed by atoms with Gasteiger partial charge in [-0.1, -0.05) is 6.07 Å². The van der Waals surface area contributed by atoms with Gasteiger partial charge in [0.1, 0.15) is 5.00 Å². The predicted molar refractivity (Wildman–Crippen MR) is 95.6 cm³/mol. The van der Waals surface area contributed by atoms with Crippen LogP contribution in [-0.4, -0.2) is 25.0 Å². The van der Waals surface area contributed by atoms with Gasteiger partial charge in [-0.2, -0.15) is 0 Å². The molecule has 2 aromatic heterocycles. The van der Waals surface area contributed by atoms with Crippen molar-refractivity contribution in [3.05, 3.63) is 44.5 Å². The van der Waals surface area contributed by atoms with Crippen LogP contribution >= 0.6 is 22.7 Å². The number of nitrogens with one attached hydrogen (secondary N) is 2. The number of thiophene rings is 2. The van der Waals surface area contributed by atoms with Crippen molar-refractivity contribution in [2.75, 3.05) is 12.4 Å². The van der Waals surface area contributed by atoms with Gasteiger partial charge in [0.15, 0.2) is 0 Å². The fourth-order valence-corrected chi connectivity index (χ4v) is 3.57. The van der Waals surface area contributed by atoms with Crippen molar-refractivity contribution < 1.29 is 19.1 Å². The SMILES string of the molecule is COC(=O)NC(=O)c1c(NC(=O)/C=C/c2cccs2)sc(C)c1C. The van der Waals surface area contributed by atoms with Crippen molar-refractivity contribution in [1.82, 2.24) is 5.32 Å². The van der Waals surface area contributed by atoms with Gasteiger partial charge in [0.05, 0.1) is 12.7 Å². The van der Waals surface area contributed by atoms with Crippen LogP contribution in [0.15, 0.2) is 23.6 Å². The summed E-state index contributed by atoms with van der Waals surface area (Å²) in [5.74, 6) is -0.960. The van der Waals surface area contributed by atoms with Crippen molar-refractivity contribution in [2.45, 2.75) is 13.8 Å². The summed E-state index contributed by atoms with van der Waals surface area (Å²) in [4.78, 5) is 37.4. The normalized spacial score (nSPS) is 10.6. The van der Waals surface area contributed by atoms with Crippen LogP contribution in [0.5, 0.6) is 0 Å². The van der Waals surface area contributed by atoms with E-state index in [4.69, 9.17) is 0 Å². The van der Waals surface area contributed by atoms with E-state index in [1.165, 1.54) is 35.9 Å². The summed E-state index contributed by atoms with van der Waals surface area (Å²) in [6.45, 7) is 3.60. The van der Waals surface area contributed by atoms with E-state index in [-0.39, 0.29) is 11.5 Å². The Labute approximate surface area is 147 Å². The summed E-state index contributed by atoms with van der Waals surface area (Å²) in [5, 5.41) is 7.11. The van der Waals surface area contributed by atoms with E-state index in [1.807, 2.05) is 24.4 Å². The summed E-state index contributed by atoms with van der Waals surface area (Å²) in [7, 11) is 1.17. The number of anilines is 1. The van der Waals surface area contributed by atoms with E-state index in [0.717, 1.165) is 9.75 Å². The molecule has 0 spiro atoms. The number of ether oxygens (including phenoxy) is 1. The fourth-order valence-electron chi connectivity index (χ4n) is 1.89. The minimum Gasteiger partial charge on any atom is -0.453 e. The number of imide groups is 1. The highest BCUT2D eigenvalue weighted by Crippen LogP contribution is 2.32. The molecule has 2 aromatic rings. The molecule has 2 N–H and O–H groups in total. The zero-order valence-corrected chi connectivity index (χ0v) is 15.0. The van der Waals surface area contributed by atoms with E-state index < -0.39 is 12.0 Å². The third kappa shape index (κ3) is 4.30. The van der Waals surface area contributed by atoms with Gasteiger partial charge >= 0.3 is 6.09 Å². The molecule has 2 heterocycles. The van der Waals surface area contributed by atoms with Crippen LogP contribution in [0.25, 0.3) is 6.08 Å². The number of hydrogen-bond donors (Lipinski definition) is 2. The molecule has 3 amide bonds. The monoisotopic (exact) mass is 364 g/mol. The molecule has 0 aliphatic heterocycles. The van der Waals surface area contributed by atoms with E-state index in [1.54, 1.807) is 13.0 Å². The minimum absolute atomic E-state index is 0.265. The van der Waals surface area contributed by atoms with Crippen LogP contribution in [0.4, 0.5) is 9.80 Å². The van der Waals surface area contributed by atoms with Crippen LogP contribution < -0.4 is 10.6 Å². The molecule has 0 aliphatic rings. The maximum atomic E-state index is 12.2. The van der Waals surface area contributed by atoms with E-state index in [0.29, 0.717) is 10.6 Å². The number of rotatable bonds is 4. The van der Waals surface area contributed by atoms with Gasteiger partial charge in [0, 0.05) is 15.8 Å². The smallest absolute Gasteiger partial charge is 0.413 e. The molecular formula is C16H16N2O4S2. The molecule has 0 saturated carbocycles. The molecular weight excluding hydrogens is 348 g/mol. The maximum Gasteiger partial charge on any atom is 0.413 e. The highest BCUT2D eigenvalue weighted by Gasteiger charge is 2.22. The number of methoxy groups -OCH3 is 1. The molecule has 0 aromatic carbocycles. The number of carbonyl (C=O) groups is 3. The summed E-state index contributed by atoms with van der Waals surface area (Å²) in [5.41, 5.74) is 0.972. The average molecular weight is 364 g/mol. The first-order valence-electron chi connectivity index (χ1n) is 6.94. The Hall–Kier alpha value is -2.45. The van der Waals surface area contributed by atoms with Gasteiger partial charge in [-0.25, -0.2) is 4.79 Å². The molecule has 6 nitrogen and oxygen atoms in total. The van der Waals surface area contributed by atoms with Gasteiger partial charge in [-0.15, -0.1) is 22.7 Å². The molecule has 2 rings (SSSR count). The number of aryl methyl sites for hydroxylation is 1. The van der Waals surface area contributed by atoms with Crippen LogP contribution in [0, 0.1) is 13.8 Å². The van der Waals surface area contributed by atoms with Crippen LogP contribution in [-0.2, 0) is 9.53 Å². The lowest BCUT2D eigenvalue weighted by molar-refractivity contribution is -0.111. The second-order valence-corrected chi connectivity index (χ2v) is 6.98. The maximum absolute atomic E-state index is 12.2. The minimum atomic E-state index is -0.849. The third-order valence-electron chi connectivity index (χ3n) is 3.19. The number of alkyl carbamates (subject to hydrolysis) is 1. The molecule has 0 fully saturated rings. The predicted octanol–water partition coefficient (Wildman–Crippen LogP) is 3.57. The highest BCUT2D eigenvalue weighted by atomic mass is 32.1. The van der Waals surface area contributed by atoms with Gasteiger partial charge in [-0.3, -0.25) is 14.9 Å². The Bertz CT molecular complexity index is 791. The average Bonchev–Trinajstić information content (AvgIpc) is 3.14. The Kier molecular flexibility index (Phi) is 5.88. The third-order valence-corrected chi connectivity index (χ3v) is 5.15. The molecule has 0 radical (unpaired) electrons. The molecule has 0 unspecified atom stereocenters. The van der Waals surface area contributed by atoms with Crippen molar-refractivity contribution in [1.29, 1.82) is 0 Å². The second kappa shape index (κ2) is 7.89. The Morgan fingerprint density at radius 1 is 1.25 bits per heavy atom. The zero-order chi connectivity index (χ0) is 17.7. The van der Waals surface area contributed by atoms with Crippen molar-refractivity contribution >= 4 is 51.7 Å². The highest BCUT2D eigenvalue weighted by molar-refractivity contribution is 7.16. The first kappa shape index (κ1) is 17.9. The Balaban J connectivity index is 2.18. The molecule has 0 aliphatic carbocycles. The van der Waals surface area contributed by atoms with Crippen LogP contribution in [0.1, 0.15) is 25.7 Å². The Morgan fingerprint density at radius 3 is 2.62 bits per heavy atom. The Morgan fingerprint density at radius 2 is 2.00 bits per heavy atom. The van der Waals surface area contributed by atoms with Crippen molar-refractivity contribution in [3.8, 4) is 0 Å². The van der Waals surface area contributed by atoms with Crippen molar-refractivity contribution in [2.24, 2.45) is 0 Å². The summed E-state index contributed by atoms with van der Waals surface area (Å²) >= 11 is 2.79. The molecule has 126 valence electrons. The number of amides is 3. The first-order chi connectivity index (χ1) is 11.4. The molecule has 0 saturated heterocycles. The largest absolute Gasteiger partial charge is 0.453 e. The van der Waals surface area contributed by atoms with E-state index >= 15 is 0 Å². The molecule has 0 bridgehead atoms. The lowest BCUT2D eigenvalue weighted by atomic mass is 10.1. The van der Waals surface area contributed by atoms with Gasteiger partial charge in [0.2, 0.25) is 5.91 Å². The van der Waals surface area contributed by atoms with E-state index in [2.05, 4.69) is 15.4 Å². The van der Waals surface area contributed by atoms with Gasteiger partial charge in [-0.05, 0) is 36.9 Å². The quantitative estimate of drug-likeness (QED) is 0.812. The van der Waals surface area contributed by atoms with Gasteiger partial charge < -0.3 is 10.1 Å². The number of carbonyl (C=O) groups excluding carboxylic acids is 3. The van der Waals surface area contributed by atoms with E-state index in [9.17, 15) is 14.4 Å². The first-order valence-corrected chi connectivity index (χ1v) is 8.63. The number of hydrogen-bond acceptors (Lipinski definition) is 6. The molecule has 8 heteroatoms. The fraction of sp³-hybridized carbons (Fsp3) is 0.188. The van der Waals surface area contributed by atoms with Crippen LogP contribution in [0.3, 0.4) is 0 Å². The van der Waals surface area contributed by atoms with Gasteiger partial charge in [0.25, 0.3) is 5.91 Å². The summed E-state index contributed by atoms with van der Waals surface area (Å²) in [6.07, 6.45) is 2.25. The molecule has 24 heavy (non-hydrogen) atoms.